The van der Waals surface area contributed by atoms with Gasteiger partial charge in [0.2, 0.25) is 0 Å². The number of fused-ring (bicyclic) bond motifs is 1. The van der Waals surface area contributed by atoms with Crippen molar-refractivity contribution in [2.24, 2.45) is 5.92 Å². The van der Waals surface area contributed by atoms with Crippen LogP contribution in [0.15, 0.2) is 23.0 Å². The number of carbonyl (C=O) groups is 1. The summed E-state index contributed by atoms with van der Waals surface area (Å²) in [5.74, 6) is 0.622. The van der Waals surface area contributed by atoms with Gasteiger partial charge in [-0.25, -0.2) is 0 Å². The third-order valence-corrected chi connectivity index (χ3v) is 3.77. The lowest BCUT2D eigenvalue weighted by atomic mass is 10.1. The minimum absolute atomic E-state index is 0.0293. The van der Waals surface area contributed by atoms with Crippen molar-refractivity contribution >= 4 is 29.0 Å². The maximum atomic E-state index is 12.3. The number of hydrogen-bond donors (Lipinski definition) is 2. The first kappa shape index (κ1) is 13.1. The number of carbonyl (C=O) groups excluding carboxylic acids is 1. The molecule has 104 valence electrons. The zero-order valence-corrected chi connectivity index (χ0v) is 11.9. The highest BCUT2D eigenvalue weighted by Crippen LogP contribution is 2.29. The SMILES string of the molecule is CN(CC1CC1)C(=O)c1ccc2c(=O)[nH]c(=S)[nH]c2c1. The van der Waals surface area contributed by atoms with Gasteiger partial charge in [-0.1, -0.05) is 0 Å². The van der Waals surface area contributed by atoms with Gasteiger partial charge in [0.1, 0.15) is 0 Å². The van der Waals surface area contributed by atoms with Crippen LogP contribution in [0.25, 0.3) is 10.9 Å². The van der Waals surface area contributed by atoms with Crippen LogP contribution in [-0.2, 0) is 0 Å². The lowest BCUT2D eigenvalue weighted by Gasteiger charge is -2.16. The van der Waals surface area contributed by atoms with Gasteiger partial charge < -0.3 is 9.88 Å². The number of aromatic amines is 2. The number of aromatic nitrogens is 2. The van der Waals surface area contributed by atoms with E-state index in [0.29, 0.717) is 22.4 Å². The highest BCUT2D eigenvalue weighted by molar-refractivity contribution is 7.71. The Morgan fingerprint density at radius 2 is 2.15 bits per heavy atom. The maximum Gasteiger partial charge on any atom is 0.259 e. The Morgan fingerprint density at radius 1 is 1.40 bits per heavy atom. The highest BCUT2D eigenvalue weighted by atomic mass is 32.1. The van der Waals surface area contributed by atoms with Gasteiger partial charge in [-0.3, -0.25) is 14.6 Å². The number of benzene rings is 1. The molecule has 1 aliphatic carbocycles. The number of nitrogens with one attached hydrogen (secondary N) is 2. The number of H-pyrrole nitrogens is 2. The van der Waals surface area contributed by atoms with Crippen LogP contribution in [0, 0.1) is 10.7 Å². The second kappa shape index (κ2) is 4.86. The fraction of sp³-hybridized carbons (Fsp3) is 0.357. The molecule has 2 N–H and O–H groups in total. The topological polar surface area (TPSA) is 69.0 Å². The molecule has 3 rings (SSSR count). The van der Waals surface area contributed by atoms with Gasteiger partial charge in [-0.05, 0) is 49.2 Å². The molecule has 20 heavy (non-hydrogen) atoms. The molecule has 1 aromatic carbocycles. The lowest BCUT2D eigenvalue weighted by molar-refractivity contribution is 0.0789. The molecule has 5 nitrogen and oxygen atoms in total. The summed E-state index contributed by atoms with van der Waals surface area (Å²) in [7, 11) is 1.81. The molecule has 1 aliphatic rings. The van der Waals surface area contributed by atoms with Crippen molar-refractivity contribution < 1.29 is 4.79 Å². The van der Waals surface area contributed by atoms with E-state index >= 15 is 0 Å². The smallest absolute Gasteiger partial charge is 0.259 e. The first-order valence-corrected chi connectivity index (χ1v) is 6.97. The Kier molecular flexibility index (Phi) is 3.17. The monoisotopic (exact) mass is 289 g/mol. The lowest BCUT2D eigenvalue weighted by Crippen LogP contribution is -2.28. The molecular weight excluding hydrogens is 274 g/mol. The van der Waals surface area contributed by atoms with Crippen LogP contribution in [0.3, 0.4) is 0 Å². The Bertz CT molecular complexity index is 789. The van der Waals surface area contributed by atoms with E-state index in [-0.39, 0.29) is 16.2 Å². The minimum atomic E-state index is -0.242. The average molecular weight is 289 g/mol. The maximum absolute atomic E-state index is 12.3. The van der Waals surface area contributed by atoms with E-state index < -0.39 is 0 Å². The van der Waals surface area contributed by atoms with Gasteiger partial charge in [0, 0.05) is 19.2 Å². The Morgan fingerprint density at radius 3 is 2.85 bits per heavy atom. The van der Waals surface area contributed by atoms with Crippen LogP contribution in [0.1, 0.15) is 23.2 Å². The van der Waals surface area contributed by atoms with E-state index in [1.165, 1.54) is 12.8 Å². The number of amides is 1. The minimum Gasteiger partial charge on any atom is -0.341 e. The van der Waals surface area contributed by atoms with Crippen LogP contribution in [0.5, 0.6) is 0 Å². The standard InChI is InChI=1S/C14H15N3O2S/c1-17(7-8-2-3-8)13(19)9-4-5-10-11(6-9)15-14(20)16-12(10)18/h4-6,8H,2-3,7H2,1H3,(H2,15,16,18,20). The van der Waals surface area contributed by atoms with Gasteiger partial charge in [-0.2, -0.15) is 0 Å². The molecule has 6 heteroatoms. The average Bonchev–Trinajstić information content (AvgIpc) is 3.20. The second-order valence-corrected chi connectivity index (χ2v) is 5.71. The summed E-state index contributed by atoms with van der Waals surface area (Å²) in [6.45, 7) is 0.794. The van der Waals surface area contributed by atoms with Crippen LogP contribution >= 0.6 is 12.2 Å². The van der Waals surface area contributed by atoms with E-state index in [1.54, 1.807) is 23.1 Å². The van der Waals surface area contributed by atoms with Crippen molar-refractivity contribution in [2.45, 2.75) is 12.8 Å². The van der Waals surface area contributed by atoms with E-state index in [2.05, 4.69) is 9.97 Å². The largest absolute Gasteiger partial charge is 0.341 e. The number of nitrogens with zero attached hydrogens (tertiary/aromatic N) is 1. The molecule has 2 aromatic rings. The Hall–Kier alpha value is -1.95. The first-order chi connectivity index (χ1) is 9.54. The molecule has 0 saturated heterocycles. The summed E-state index contributed by atoms with van der Waals surface area (Å²) in [6.07, 6.45) is 2.41. The molecule has 1 aromatic heterocycles. The summed E-state index contributed by atoms with van der Waals surface area (Å²) in [6, 6.07) is 5.02. The van der Waals surface area contributed by atoms with Gasteiger partial charge in [0.05, 0.1) is 10.9 Å². The summed E-state index contributed by atoms with van der Waals surface area (Å²) >= 11 is 4.95. The fourth-order valence-corrected chi connectivity index (χ4v) is 2.50. The molecule has 0 radical (unpaired) electrons. The molecule has 0 atom stereocenters. The predicted molar refractivity (Wildman–Crippen MR) is 79.4 cm³/mol. The van der Waals surface area contributed by atoms with Crippen molar-refractivity contribution in [3.8, 4) is 0 Å². The summed E-state index contributed by atoms with van der Waals surface area (Å²) in [5, 5.41) is 0.500. The van der Waals surface area contributed by atoms with E-state index in [9.17, 15) is 9.59 Å². The van der Waals surface area contributed by atoms with Crippen molar-refractivity contribution in [1.82, 2.24) is 14.9 Å². The third-order valence-electron chi connectivity index (χ3n) is 3.56. The molecule has 1 heterocycles. The quantitative estimate of drug-likeness (QED) is 0.850. The first-order valence-electron chi connectivity index (χ1n) is 6.56. The van der Waals surface area contributed by atoms with Crippen molar-refractivity contribution in [2.75, 3.05) is 13.6 Å². The van der Waals surface area contributed by atoms with Crippen molar-refractivity contribution in [3.63, 3.8) is 0 Å². The summed E-state index contributed by atoms with van der Waals surface area (Å²) < 4.78 is 0.262. The fourth-order valence-electron chi connectivity index (χ4n) is 2.29. The van der Waals surface area contributed by atoms with Crippen LogP contribution in [0.4, 0.5) is 0 Å². The summed E-state index contributed by atoms with van der Waals surface area (Å²) in [4.78, 5) is 31.2. The Labute approximate surface area is 120 Å². The van der Waals surface area contributed by atoms with Gasteiger partial charge in [0.15, 0.2) is 4.77 Å². The van der Waals surface area contributed by atoms with Gasteiger partial charge >= 0.3 is 0 Å². The summed E-state index contributed by atoms with van der Waals surface area (Å²) in [5.41, 5.74) is 0.912. The molecule has 1 amide bonds. The highest BCUT2D eigenvalue weighted by Gasteiger charge is 2.25. The van der Waals surface area contributed by atoms with E-state index in [1.807, 2.05) is 7.05 Å². The van der Waals surface area contributed by atoms with Crippen molar-refractivity contribution in [3.05, 3.63) is 38.9 Å². The van der Waals surface area contributed by atoms with Crippen molar-refractivity contribution in [1.29, 1.82) is 0 Å². The van der Waals surface area contributed by atoms with E-state index in [0.717, 1.165) is 6.54 Å². The zero-order valence-electron chi connectivity index (χ0n) is 11.1. The molecule has 1 saturated carbocycles. The molecule has 0 bridgehead atoms. The second-order valence-electron chi connectivity index (χ2n) is 5.30. The van der Waals surface area contributed by atoms with Crippen LogP contribution < -0.4 is 5.56 Å². The van der Waals surface area contributed by atoms with Gasteiger partial charge in [-0.15, -0.1) is 0 Å². The predicted octanol–water partition coefficient (Wildman–Crippen LogP) is 2.07. The number of rotatable bonds is 3. The Balaban J connectivity index is 1.97. The van der Waals surface area contributed by atoms with E-state index in [4.69, 9.17) is 12.2 Å². The zero-order chi connectivity index (χ0) is 14.3. The molecule has 0 aliphatic heterocycles. The molecular formula is C14H15N3O2S. The molecule has 1 fully saturated rings. The number of hydrogen-bond acceptors (Lipinski definition) is 3. The van der Waals surface area contributed by atoms with Crippen LogP contribution in [0.2, 0.25) is 0 Å². The van der Waals surface area contributed by atoms with Crippen LogP contribution in [-0.4, -0.2) is 34.4 Å². The molecule has 0 spiro atoms. The van der Waals surface area contributed by atoms with Gasteiger partial charge in [0.25, 0.3) is 11.5 Å². The normalized spacial score (nSPS) is 14.4. The third kappa shape index (κ3) is 2.51. The molecule has 0 unspecified atom stereocenters.